The van der Waals surface area contributed by atoms with Crippen LogP contribution in [-0.2, 0) is 4.79 Å². The van der Waals surface area contributed by atoms with Gasteiger partial charge in [-0.05, 0) is 30.2 Å². The highest BCUT2D eigenvalue weighted by Crippen LogP contribution is 2.30. The van der Waals surface area contributed by atoms with Gasteiger partial charge in [-0.2, -0.15) is 8.78 Å². The number of hydrogen-bond donors (Lipinski definition) is 2. The van der Waals surface area contributed by atoms with Gasteiger partial charge in [0.1, 0.15) is 0 Å². The summed E-state index contributed by atoms with van der Waals surface area (Å²) in [6.45, 7) is -3.06. The van der Waals surface area contributed by atoms with Gasteiger partial charge in [0.2, 0.25) is 0 Å². The number of methoxy groups -OCH3 is 1. The maximum atomic E-state index is 12.6. The maximum Gasteiger partial charge on any atom is 0.387 e. The van der Waals surface area contributed by atoms with Crippen LogP contribution in [0.5, 0.6) is 11.5 Å². The first-order chi connectivity index (χ1) is 12.9. The van der Waals surface area contributed by atoms with Crippen molar-refractivity contribution in [1.29, 1.82) is 0 Å². The van der Waals surface area contributed by atoms with Gasteiger partial charge < -0.3 is 19.9 Å². The predicted octanol–water partition coefficient (Wildman–Crippen LogP) is 3.63. The third-order valence-corrected chi connectivity index (χ3v) is 3.80. The van der Waals surface area contributed by atoms with Gasteiger partial charge in [0.25, 0.3) is 5.91 Å². The maximum absolute atomic E-state index is 12.6. The van der Waals surface area contributed by atoms with E-state index in [4.69, 9.17) is 9.84 Å². The van der Waals surface area contributed by atoms with Crippen LogP contribution in [0.25, 0.3) is 0 Å². The van der Waals surface area contributed by atoms with E-state index in [0.717, 1.165) is 11.6 Å². The highest BCUT2D eigenvalue weighted by molar-refractivity contribution is 5.95. The standard InChI is InChI=1S/C19H19F2NO5/c1-26-15-9-7-13(11-16(15)27-19(20)21)18(25)22-14(8-10-17(23)24)12-5-3-2-4-6-12/h2-7,9,11,14,19H,8,10H2,1H3,(H,22,25)(H,23,24). The van der Waals surface area contributed by atoms with E-state index in [1.54, 1.807) is 30.3 Å². The van der Waals surface area contributed by atoms with Gasteiger partial charge in [0.15, 0.2) is 11.5 Å². The second-order valence-corrected chi connectivity index (χ2v) is 5.61. The Balaban J connectivity index is 2.22. The van der Waals surface area contributed by atoms with Crippen LogP contribution in [-0.4, -0.2) is 30.7 Å². The number of ether oxygens (including phenoxy) is 2. The zero-order valence-corrected chi connectivity index (χ0v) is 14.5. The monoisotopic (exact) mass is 379 g/mol. The van der Waals surface area contributed by atoms with Gasteiger partial charge in [-0.15, -0.1) is 0 Å². The van der Waals surface area contributed by atoms with Crippen molar-refractivity contribution in [3.63, 3.8) is 0 Å². The first-order valence-corrected chi connectivity index (χ1v) is 8.11. The summed E-state index contributed by atoms with van der Waals surface area (Å²) in [5.41, 5.74) is 0.826. The van der Waals surface area contributed by atoms with Gasteiger partial charge >= 0.3 is 12.6 Å². The van der Waals surface area contributed by atoms with Crippen LogP contribution >= 0.6 is 0 Å². The Morgan fingerprint density at radius 1 is 1.11 bits per heavy atom. The molecule has 0 heterocycles. The minimum Gasteiger partial charge on any atom is -0.493 e. The minimum atomic E-state index is -3.06. The van der Waals surface area contributed by atoms with Gasteiger partial charge in [0.05, 0.1) is 13.2 Å². The number of carboxylic acids is 1. The molecule has 0 bridgehead atoms. The molecule has 8 heteroatoms. The summed E-state index contributed by atoms with van der Waals surface area (Å²) in [6, 6.07) is 12.3. The fourth-order valence-electron chi connectivity index (χ4n) is 2.52. The highest BCUT2D eigenvalue weighted by Gasteiger charge is 2.19. The Labute approximate surface area is 154 Å². The highest BCUT2D eigenvalue weighted by atomic mass is 19.3. The molecule has 0 saturated carbocycles. The van der Waals surface area contributed by atoms with Crippen LogP contribution in [0.15, 0.2) is 48.5 Å². The Morgan fingerprint density at radius 3 is 2.41 bits per heavy atom. The first-order valence-electron chi connectivity index (χ1n) is 8.11. The number of carboxylic acid groups (broad SMARTS) is 1. The molecule has 0 aliphatic rings. The smallest absolute Gasteiger partial charge is 0.387 e. The van der Waals surface area contributed by atoms with Crippen molar-refractivity contribution >= 4 is 11.9 Å². The molecule has 2 rings (SSSR count). The number of carbonyl (C=O) groups excluding carboxylic acids is 1. The van der Waals surface area contributed by atoms with E-state index in [-0.39, 0.29) is 29.9 Å². The lowest BCUT2D eigenvalue weighted by Gasteiger charge is -2.19. The SMILES string of the molecule is COc1ccc(C(=O)NC(CCC(=O)O)c2ccccc2)cc1OC(F)F. The third-order valence-electron chi connectivity index (χ3n) is 3.80. The average molecular weight is 379 g/mol. The molecular formula is C19H19F2NO5. The predicted molar refractivity (Wildman–Crippen MR) is 93.1 cm³/mol. The molecule has 2 aromatic carbocycles. The van der Waals surface area contributed by atoms with Crippen LogP contribution in [0.4, 0.5) is 8.78 Å². The second-order valence-electron chi connectivity index (χ2n) is 5.61. The summed E-state index contributed by atoms with van der Waals surface area (Å²) < 4.78 is 34.4. The van der Waals surface area contributed by atoms with E-state index < -0.39 is 24.5 Å². The zero-order valence-electron chi connectivity index (χ0n) is 14.5. The van der Waals surface area contributed by atoms with Crippen molar-refractivity contribution in [3.05, 3.63) is 59.7 Å². The summed E-state index contributed by atoms with van der Waals surface area (Å²) >= 11 is 0. The number of benzene rings is 2. The Kier molecular flexibility index (Phi) is 7.10. The van der Waals surface area contributed by atoms with Crippen LogP contribution in [0.1, 0.15) is 34.8 Å². The molecule has 144 valence electrons. The number of nitrogens with one attached hydrogen (secondary N) is 1. The average Bonchev–Trinajstić information content (AvgIpc) is 2.65. The lowest BCUT2D eigenvalue weighted by Crippen LogP contribution is -2.29. The number of alkyl halides is 2. The Bertz CT molecular complexity index is 783. The molecule has 27 heavy (non-hydrogen) atoms. The molecule has 1 amide bonds. The molecule has 1 atom stereocenters. The third kappa shape index (κ3) is 5.95. The van der Waals surface area contributed by atoms with E-state index in [1.807, 2.05) is 0 Å². The molecule has 0 radical (unpaired) electrons. The van der Waals surface area contributed by atoms with Crippen molar-refractivity contribution in [2.45, 2.75) is 25.5 Å². The molecule has 0 fully saturated rings. The van der Waals surface area contributed by atoms with Crippen LogP contribution in [0.2, 0.25) is 0 Å². The number of halogens is 2. The van der Waals surface area contributed by atoms with Gasteiger partial charge in [-0.3, -0.25) is 9.59 Å². The molecule has 0 aliphatic carbocycles. The van der Waals surface area contributed by atoms with Crippen molar-refractivity contribution in [1.82, 2.24) is 5.32 Å². The number of hydrogen-bond acceptors (Lipinski definition) is 4. The summed E-state index contributed by atoms with van der Waals surface area (Å²) in [7, 11) is 1.30. The summed E-state index contributed by atoms with van der Waals surface area (Å²) in [4.78, 5) is 23.5. The van der Waals surface area contributed by atoms with Crippen LogP contribution < -0.4 is 14.8 Å². The molecule has 0 aliphatic heterocycles. The number of amides is 1. The molecule has 0 spiro atoms. The molecule has 1 unspecified atom stereocenters. The lowest BCUT2D eigenvalue weighted by atomic mass is 10.0. The fourth-order valence-corrected chi connectivity index (χ4v) is 2.52. The van der Waals surface area contributed by atoms with E-state index in [1.165, 1.54) is 19.2 Å². The topological polar surface area (TPSA) is 84.9 Å². The van der Waals surface area contributed by atoms with E-state index >= 15 is 0 Å². The molecular weight excluding hydrogens is 360 g/mol. The minimum absolute atomic E-state index is 0.0670. The van der Waals surface area contributed by atoms with Crippen molar-refractivity contribution in [3.8, 4) is 11.5 Å². The quantitative estimate of drug-likeness (QED) is 0.695. The summed E-state index contributed by atoms with van der Waals surface area (Å²) in [5.74, 6) is -1.72. The number of aliphatic carboxylic acids is 1. The number of carbonyl (C=O) groups is 2. The Morgan fingerprint density at radius 2 is 1.81 bits per heavy atom. The molecule has 6 nitrogen and oxygen atoms in total. The van der Waals surface area contributed by atoms with Crippen molar-refractivity contribution in [2.24, 2.45) is 0 Å². The van der Waals surface area contributed by atoms with E-state index in [9.17, 15) is 18.4 Å². The second kappa shape index (κ2) is 9.51. The van der Waals surface area contributed by atoms with Gasteiger partial charge in [-0.25, -0.2) is 0 Å². The molecule has 0 aromatic heterocycles. The fraction of sp³-hybridized carbons (Fsp3) is 0.263. The van der Waals surface area contributed by atoms with Crippen LogP contribution in [0, 0.1) is 0 Å². The largest absolute Gasteiger partial charge is 0.493 e. The summed E-state index contributed by atoms with van der Waals surface area (Å²) in [6.07, 6.45) is 0.0455. The lowest BCUT2D eigenvalue weighted by molar-refractivity contribution is -0.137. The molecule has 0 saturated heterocycles. The summed E-state index contributed by atoms with van der Waals surface area (Å²) in [5, 5.41) is 11.7. The number of rotatable bonds is 9. The van der Waals surface area contributed by atoms with Crippen molar-refractivity contribution < 1.29 is 33.0 Å². The molecule has 2 aromatic rings. The van der Waals surface area contributed by atoms with Crippen molar-refractivity contribution in [2.75, 3.05) is 7.11 Å². The van der Waals surface area contributed by atoms with E-state index in [2.05, 4.69) is 10.1 Å². The van der Waals surface area contributed by atoms with Gasteiger partial charge in [-0.1, -0.05) is 30.3 Å². The molecule has 2 N–H and O–H groups in total. The van der Waals surface area contributed by atoms with Gasteiger partial charge in [0, 0.05) is 12.0 Å². The van der Waals surface area contributed by atoms with E-state index in [0.29, 0.717) is 0 Å². The first kappa shape index (κ1) is 20.2. The Hall–Kier alpha value is -3.16. The normalized spacial score (nSPS) is 11.7. The van der Waals surface area contributed by atoms with Crippen LogP contribution in [0.3, 0.4) is 0 Å². The zero-order chi connectivity index (χ0) is 19.8.